The SMILES string of the molecule is Nc1ccccc1NC(=O)c1ccc(N2CC3(CCN(C(=O)O)CC3)C2Cc2ccccc2)nc1. The van der Waals surface area contributed by atoms with E-state index in [1.54, 1.807) is 24.4 Å². The van der Waals surface area contributed by atoms with Crippen molar-refractivity contribution < 1.29 is 14.7 Å². The monoisotopic (exact) mass is 471 g/mol. The van der Waals surface area contributed by atoms with Crippen molar-refractivity contribution >= 4 is 29.2 Å². The fourth-order valence-electron chi connectivity index (χ4n) is 5.31. The lowest BCUT2D eigenvalue weighted by molar-refractivity contribution is 0.0335. The second-order valence-electron chi connectivity index (χ2n) is 9.41. The Labute approximate surface area is 204 Å². The highest BCUT2D eigenvalue weighted by atomic mass is 16.4. The lowest BCUT2D eigenvalue weighted by atomic mass is 9.63. The van der Waals surface area contributed by atoms with Crippen LogP contribution in [0.3, 0.4) is 0 Å². The van der Waals surface area contributed by atoms with Crippen LogP contribution in [-0.4, -0.2) is 52.7 Å². The van der Waals surface area contributed by atoms with Crippen molar-refractivity contribution in [3.05, 3.63) is 84.1 Å². The van der Waals surface area contributed by atoms with Gasteiger partial charge in [0, 0.05) is 37.3 Å². The number of likely N-dealkylation sites (tertiary alicyclic amines) is 1. The van der Waals surface area contributed by atoms with E-state index in [9.17, 15) is 14.7 Å². The summed E-state index contributed by atoms with van der Waals surface area (Å²) in [5, 5.41) is 12.2. The van der Waals surface area contributed by atoms with Gasteiger partial charge in [0.2, 0.25) is 0 Å². The molecule has 0 aliphatic carbocycles. The number of nitrogens with two attached hydrogens (primary N) is 1. The van der Waals surface area contributed by atoms with E-state index in [1.807, 2.05) is 36.4 Å². The van der Waals surface area contributed by atoms with Crippen LogP contribution in [0.25, 0.3) is 0 Å². The van der Waals surface area contributed by atoms with Crippen molar-refractivity contribution in [2.75, 3.05) is 35.6 Å². The first-order valence-electron chi connectivity index (χ1n) is 11.9. The number of carbonyl (C=O) groups is 2. The normalized spacial score (nSPS) is 18.7. The van der Waals surface area contributed by atoms with E-state index in [-0.39, 0.29) is 17.4 Å². The summed E-state index contributed by atoms with van der Waals surface area (Å²) in [6.07, 6.45) is 3.30. The van der Waals surface area contributed by atoms with Crippen LogP contribution in [0.15, 0.2) is 72.9 Å². The van der Waals surface area contributed by atoms with E-state index in [1.165, 1.54) is 10.5 Å². The fourth-order valence-corrected chi connectivity index (χ4v) is 5.31. The van der Waals surface area contributed by atoms with Gasteiger partial charge in [0.25, 0.3) is 5.91 Å². The van der Waals surface area contributed by atoms with Crippen molar-refractivity contribution in [1.82, 2.24) is 9.88 Å². The molecule has 8 nitrogen and oxygen atoms in total. The molecule has 0 saturated carbocycles. The molecule has 180 valence electrons. The Hall–Kier alpha value is -4.07. The fraction of sp³-hybridized carbons (Fsp3) is 0.296. The maximum atomic E-state index is 12.7. The van der Waals surface area contributed by atoms with Crippen LogP contribution in [-0.2, 0) is 6.42 Å². The molecule has 35 heavy (non-hydrogen) atoms. The van der Waals surface area contributed by atoms with Gasteiger partial charge in [-0.3, -0.25) is 4.79 Å². The lowest BCUT2D eigenvalue weighted by Crippen LogP contribution is -2.68. The van der Waals surface area contributed by atoms with Gasteiger partial charge in [0.05, 0.1) is 16.9 Å². The summed E-state index contributed by atoms with van der Waals surface area (Å²) >= 11 is 0. The number of amides is 2. The number of pyridine rings is 1. The number of nitrogens with one attached hydrogen (secondary N) is 1. The number of para-hydroxylation sites is 2. The molecule has 1 unspecified atom stereocenters. The van der Waals surface area contributed by atoms with Crippen molar-refractivity contribution in [3.8, 4) is 0 Å². The smallest absolute Gasteiger partial charge is 0.407 e. The van der Waals surface area contributed by atoms with Crippen molar-refractivity contribution in [2.45, 2.75) is 25.3 Å². The molecule has 1 atom stereocenters. The van der Waals surface area contributed by atoms with E-state index in [0.717, 1.165) is 31.6 Å². The minimum Gasteiger partial charge on any atom is -0.465 e. The van der Waals surface area contributed by atoms with Crippen LogP contribution in [0, 0.1) is 5.41 Å². The number of hydrogen-bond acceptors (Lipinski definition) is 5. The molecule has 2 fully saturated rings. The topological polar surface area (TPSA) is 112 Å². The van der Waals surface area contributed by atoms with Gasteiger partial charge < -0.3 is 26.0 Å². The third kappa shape index (κ3) is 4.51. The predicted molar refractivity (Wildman–Crippen MR) is 136 cm³/mol. The quantitative estimate of drug-likeness (QED) is 0.483. The van der Waals surface area contributed by atoms with Crippen molar-refractivity contribution in [1.29, 1.82) is 0 Å². The lowest BCUT2D eigenvalue weighted by Gasteiger charge is -2.61. The number of carboxylic acid groups (broad SMARTS) is 1. The van der Waals surface area contributed by atoms with E-state index in [0.29, 0.717) is 30.0 Å². The minimum atomic E-state index is -0.844. The van der Waals surface area contributed by atoms with Crippen molar-refractivity contribution in [2.24, 2.45) is 5.41 Å². The van der Waals surface area contributed by atoms with Gasteiger partial charge in [-0.2, -0.15) is 0 Å². The Kier molecular flexibility index (Phi) is 6.03. The molecule has 3 heterocycles. The molecule has 3 aromatic rings. The zero-order valence-electron chi connectivity index (χ0n) is 19.4. The Morgan fingerprint density at radius 1 is 1.03 bits per heavy atom. The molecule has 4 N–H and O–H groups in total. The largest absolute Gasteiger partial charge is 0.465 e. The first kappa shape index (κ1) is 22.7. The van der Waals surface area contributed by atoms with Gasteiger partial charge in [-0.25, -0.2) is 9.78 Å². The zero-order chi connectivity index (χ0) is 24.4. The molecule has 2 aliphatic rings. The maximum Gasteiger partial charge on any atom is 0.407 e. The number of carbonyl (C=O) groups excluding carboxylic acids is 1. The average molecular weight is 472 g/mol. The van der Waals surface area contributed by atoms with E-state index in [2.05, 4.69) is 27.3 Å². The Balaban J connectivity index is 1.33. The summed E-state index contributed by atoms with van der Waals surface area (Å²) in [5.41, 5.74) is 8.78. The summed E-state index contributed by atoms with van der Waals surface area (Å²) in [5.74, 6) is 0.567. The molecule has 1 aromatic heterocycles. The molecule has 2 amide bonds. The summed E-state index contributed by atoms with van der Waals surface area (Å²) in [7, 11) is 0. The van der Waals surface area contributed by atoms with Crippen molar-refractivity contribution in [3.63, 3.8) is 0 Å². The highest BCUT2D eigenvalue weighted by molar-refractivity contribution is 6.05. The Morgan fingerprint density at radius 3 is 2.40 bits per heavy atom. The van der Waals surface area contributed by atoms with Crippen LogP contribution < -0.4 is 16.0 Å². The highest BCUT2D eigenvalue weighted by Gasteiger charge is 2.54. The van der Waals surface area contributed by atoms with E-state index >= 15 is 0 Å². The first-order chi connectivity index (χ1) is 16.9. The molecule has 0 radical (unpaired) electrons. The maximum absolute atomic E-state index is 12.7. The van der Waals surface area contributed by atoms with E-state index in [4.69, 9.17) is 5.73 Å². The van der Waals surface area contributed by atoms with Crippen LogP contribution in [0.4, 0.5) is 22.0 Å². The number of hydrogen-bond donors (Lipinski definition) is 3. The molecule has 2 aliphatic heterocycles. The van der Waals surface area contributed by atoms with Gasteiger partial charge in [0.15, 0.2) is 0 Å². The number of aromatic nitrogens is 1. The standard InChI is InChI=1S/C27H29N5O3/c28-21-8-4-5-9-22(21)30-25(33)20-10-11-24(29-17-20)32-18-27(12-14-31(15-13-27)26(34)35)23(32)16-19-6-2-1-3-7-19/h1-11,17,23H,12-16,18,28H2,(H,30,33)(H,34,35). The third-order valence-corrected chi connectivity index (χ3v) is 7.38. The molecule has 8 heteroatoms. The summed E-state index contributed by atoms with van der Waals surface area (Å²) < 4.78 is 0. The zero-order valence-corrected chi connectivity index (χ0v) is 19.4. The van der Waals surface area contributed by atoms with Gasteiger partial charge in [0.1, 0.15) is 5.82 Å². The number of piperidine rings is 1. The number of benzene rings is 2. The molecular formula is C27H29N5O3. The molecule has 0 bridgehead atoms. The summed E-state index contributed by atoms with van der Waals surface area (Å²) in [4.78, 5) is 32.5. The molecule has 2 aromatic carbocycles. The average Bonchev–Trinajstić information content (AvgIpc) is 2.88. The minimum absolute atomic E-state index is 0.0599. The number of nitrogen functional groups attached to an aromatic ring is 1. The molecule has 2 saturated heterocycles. The second-order valence-corrected chi connectivity index (χ2v) is 9.41. The predicted octanol–water partition coefficient (Wildman–Crippen LogP) is 4.11. The second kappa shape index (κ2) is 9.29. The summed E-state index contributed by atoms with van der Waals surface area (Å²) in [6, 6.07) is 21.4. The Morgan fingerprint density at radius 2 is 1.74 bits per heavy atom. The summed E-state index contributed by atoms with van der Waals surface area (Å²) in [6.45, 7) is 1.95. The van der Waals surface area contributed by atoms with Crippen LogP contribution in [0.5, 0.6) is 0 Å². The molecule has 5 rings (SSSR count). The van der Waals surface area contributed by atoms with Crippen LogP contribution in [0.1, 0.15) is 28.8 Å². The van der Waals surface area contributed by atoms with Gasteiger partial charge in [-0.05, 0) is 49.1 Å². The number of anilines is 3. The van der Waals surface area contributed by atoms with E-state index < -0.39 is 6.09 Å². The molecule has 1 spiro atoms. The van der Waals surface area contributed by atoms with Crippen LogP contribution in [0.2, 0.25) is 0 Å². The highest BCUT2D eigenvalue weighted by Crippen LogP contribution is 2.49. The van der Waals surface area contributed by atoms with Gasteiger partial charge in [-0.1, -0.05) is 42.5 Å². The van der Waals surface area contributed by atoms with Gasteiger partial charge >= 0.3 is 6.09 Å². The number of nitrogens with zero attached hydrogens (tertiary/aromatic N) is 3. The van der Waals surface area contributed by atoms with Crippen LogP contribution >= 0.6 is 0 Å². The Bertz CT molecular complexity index is 1210. The first-order valence-corrected chi connectivity index (χ1v) is 11.9. The molecular weight excluding hydrogens is 442 g/mol. The third-order valence-electron chi connectivity index (χ3n) is 7.38. The van der Waals surface area contributed by atoms with Gasteiger partial charge in [-0.15, -0.1) is 0 Å². The number of rotatable bonds is 5.